The second kappa shape index (κ2) is 7.63. The number of aliphatic hydroxyl groups is 1. The third-order valence-corrected chi connectivity index (χ3v) is 3.99. The molecule has 0 aromatic heterocycles. The van der Waals surface area contributed by atoms with Gasteiger partial charge in [-0.05, 0) is 44.5 Å². The van der Waals surface area contributed by atoms with Crippen LogP contribution in [0.3, 0.4) is 0 Å². The van der Waals surface area contributed by atoms with E-state index in [0.29, 0.717) is 6.61 Å². The van der Waals surface area contributed by atoms with E-state index >= 15 is 0 Å². The van der Waals surface area contributed by atoms with Crippen molar-refractivity contribution in [3.05, 3.63) is 35.9 Å². The minimum atomic E-state index is 0.290. The third-order valence-electron chi connectivity index (χ3n) is 3.99. The predicted octanol–water partition coefficient (Wildman–Crippen LogP) is 1.82. The lowest BCUT2D eigenvalue weighted by atomic mass is 9.96. The first-order valence-electron chi connectivity index (χ1n) is 7.33. The summed E-state index contributed by atoms with van der Waals surface area (Å²) in [5.74, 6) is 0.809. The zero-order valence-corrected chi connectivity index (χ0v) is 12.0. The van der Waals surface area contributed by atoms with Gasteiger partial charge in [-0.3, -0.25) is 0 Å². The van der Waals surface area contributed by atoms with E-state index < -0.39 is 0 Å². The van der Waals surface area contributed by atoms with Crippen LogP contribution in [-0.4, -0.2) is 54.7 Å². The van der Waals surface area contributed by atoms with Crippen molar-refractivity contribution < 1.29 is 5.11 Å². The Bertz CT molecular complexity index is 347. The van der Waals surface area contributed by atoms with E-state index in [1.54, 1.807) is 0 Å². The molecule has 3 heteroatoms. The highest BCUT2D eigenvalue weighted by Gasteiger charge is 2.19. The lowest BCUT2D eigenvalue weighted by molar-refractivity contribution is 0.129. The zero-order valence-electron chi connectivity index (χ0n) is 12.0. The summed E-state index contributed by atoms with van der Waals surface area (Å²) in [6.45, 7) is 5.64. The average molecular weight is 262 g/mol. The van der Waals surface area contributed by atoms with Crippen LogP contribution >= 0.6 is 0 Å². The van der Waals surface area contributed by atoms with Gasteiger partial charge < -0.3 is 14.9 Å². The highest BCUT2D eigenvalue weighted by Crippen LogP contribution is 2.18. The highest BCUT2D eigenvalue weighted by molar-refractivity contribution is 5.14. The Hall–Kier alpha value is -0.900. The van der Waals surface area contributed by atoms with Crippen LogP contribution < -0.4 is 0 Å². The largest absolute Gasteiger partial charge is 0.395 e. The molecule has 0 amide bonds. The van der Waals surface area contributed by atoms with E-state index in [1.807, 2.05) is 0 Å². The lowest BCUT2D eigenvalue weighted by Crippen LogP contribution is -2.38. The van der Waals surface area contributed by atoms with E-state index in [0.717, 1.165) is 32.1 Å². The first-order chi connectivity index (χ1) is 9.28. The Labute approximate surface area is 116 Å². The molecule has 0 aliphatic carbocycles. The van der Waals surface area contributed by atoms with E-state index in [1.165, 1.54) is 24.9 Å². The first kappa shape index (κ1) is 14.5. The number of β-amino-alcohol motifs (C(OH)–C–C–N with tert-alkyl or cyclic N) is 1. The van der Waals surface area contributed by atoms with Crippen molar-refractivity contribution in [1.82, 2.24) is 9.80 Å². The Morgan fingerprint density at radius 1 is 1.21 bits per heavy atom. The smallest absolute Gasteiger partial charge is 0.0558 e. The molecule has 0 radical (unpaired) electrons. The molecule has 0 atom stereocenters. The molecule has 0 unspecified atom stereocenters. The highest BCUT2D eigenvalue weighted by atomic mass is 16.3. The molecule has 2 rings (SSSR count). The fourth-order valence-corrected chi connectivity index (χ4v) is 2.93. The van der Waals surface area contributed by atoms with Gasteiger partial charge in [-0.1, -0.05) is 30.3 Å². The SMILES string of the molecule is CN(Cc1ccccc1)CC1CCN(CCO)CC1. The molecule has 1 heterocycles. The Morgan fingerprint density at radius 2 is 1.89 bits per heavy atom. The van der Waals surface area contributed by atoms with Crippen LogP contribution in [0.5, 0.6) is 0 Å². The molecule has 1 N–H and O–H groups in total. The maximum absolute atomic E-state index is 8.94. The van der Waals surface area contributed by atoms with Gasteiger partial charge in [0, 0.05) is 19.6 Å². The third kappa shape index (κ3) is 4.94. The number of benzene rings is 1. The molecule has 1 aromatic carbocycles. The van der Waals surface area contributed by atoms with Gasteiger partial charge in [0.2, 0.25) is 0 Å². The summed E-state index contributed by atoms with van der Waals surface area (Å²) >= 11 is 0. The maximum atomic E-state index is 8.94. The van der Waals surface area contributed by atoms with Crippen LogP contribution in [0, 0.1) is 5.92 Å². The molecular formula is C16H26N2O. The van der Waals surface area contributed by atoms with Crippen LogP contribution in [-0.2, 0) is 6.54 Å². The molecule has 3 nitrogen and oxygen atoms in total. The van der Waals surface area contributed by atoms with Crippen molar-refractivity contribution in [2.45, 2.75) is 19.4 Å². The summed E-state index contributed by atoms with van der Waals surface area (Å²) in [6, 6.07) is 10.7. The summed E-state index contributed by atoms with van der Waals surface area (Å²) in [4.78, 5) is 4.80. The monoisotopic (exact) mass is 262 g/mol. The van der Waals surface area contributed by atoms with Gasteiger partial charge in [0.25, 0.3) is 0 Å². The van der Waals surface area contributed by atoms with Gasteiger partial charge in [-0.25, -0.2) is 0 Å². The fraction of sp³-hybridized carbons (Fsp3) is 0.625. The predicted molar refractivity (Wildman–Crippen MR) is 79.0 cm³/mol. The maximum Gasteiger partial charge on any atom is 0.0558 e. The molecule has 1 aromatic rings. The Balaban J connectivity index is 1.70. The standard InChI is InChI=1S/C16H26N2O/c1-17(13-15-5-3-2-4-6-15)14-16-7-9-18(10-8-16)11-12-19/h2-6,16,19H,7-14H2,1H3. The van der Waals surface area contributed by atoms with E-state index in [2.05, 4.69) is 47.2 Å². The summed E-state index contributed by atoms with van der Waals surface area (Å²) in [6.07, 6.45) is 2.53. The molecule has 1 saturated heterocycles. The number of rotatable bonds is 6. The van der Waals surface area contributed by atoms with Crippen LogP contribution in [0.2, 0.25) is 0 Å². The molecule has 0 saturated carbocycles. The molecule has 1 fully saturated rings. The molecule has 1 aliphatic heterocycles. The number of likely N-dealkylation sites (tertiary alicyclic amines) is 1. The van der Waals surface area contributed by atoms with Gasteiger partial charge in [-0.15, -0.1) is 0 Å². The summed E-state index contributed by atoms with van der Waals surface area (Å²) in [5, 5.41) is 8.94. The number of aliphatic hydroxyl groups excluding tert-OH is 1. The van der Waals surface area contributed by atoms with Crippen LogP contribution in [0.4, 0.5) is 0 Å². The minimum Gasteiger partial charge on any atom is -0.395 e. The van der Waals surface area contributed by atoms with Crippen molar-refractivity contribution in [2.75, 3.05) is 39.8 Å². The number of hydrogen-bond acceptors (Lipinski definition) is 3. The molecular weight excluding hydrogens is 236 g/mol. The molecule has 0 spiro atoms. The second-order valence-corrected chi connectivity index (χ2v) is 5.69. The van der Waals surface area contributed by atoms with Crippen molar-refractivity contribution in [3.8, 4) is 0 Å². The van der Waals surface area contributed by atoms with E-state index in [9.17, 15) is 0 Å². The Kier molecular flexibility index (Phi) is 5.83. The summed E-state index contributed by atoms with van der Waals surface area (Å²) < 4.78 is 0. The van der Waals surface area contributed by atoms with E-state index in [4.69, 9.17) is 5.11 Å². The first-order valence-corrected chi connectivity index (χ1v) is 7.33. The van der Waals surface area contributed by atoms with Gasteiger partial charge >= 0.3 is 0 Å². The Morgan fingerprint density at radius 3 is 2.53 bits per heavy atom. The number of piperidine rings is 1. The van der Waals surface area contributed by atoms with Crippen molar-refractivity contribution in [1.29, 1.82) is 0 Å². The van der Waals surface area contributed by atoms with Crippen LogP contribution in [0.25, 0.3) is 0 Å². The van der Waals surface area contributed by atoms with Gasteiger partial charge in [0.05, 0.1) is 6.61 Å². The molecule has 19 heavy (non-hydrogen) atoms. The topological polar surface area (TPSA) is 26.7 Å². The zero-order chi connectivity index (χ0) is 13.5. The van der Waals surface area contributed by atoms with Crippen molar-refractivity contribution >= 4 is 0 Å². The molecule has 1 aliphatic rings. The van der Waals surface area contributed by atoms with Crippen LogP contribution in [0.15, 0.2) is 30.3 Å². The molecule has 106 valence electrons. The fourth-order valence-electron chi connectivity index (χ4n) is 2.93. The lowest BCUT2D eigenvalue weighted by Gasteiger charge is -2.33. The van der Waals surface area contributed by atoms with E-state index in [-0.39, 0.29) is 0 Å². The summed E-state index contributed by atoms with van der Waals surface area (Å²) in [5.41, 5.74) is 1.39. The molecule has 0 bridgehead atoms. The average Bonchev–Trinajstić information content (AvgIpc) is 2.42. The summed E-state index contributed by atoms with van der Waals surface area (Å²) in [7, 11) is 2.22. The quantitative estimate of drug-likeness (QED) is 0.847. The minimum absolute atomic E-state index is 0.290. The van der Waals surface area contributed by atoms with Gasteiger partial charge in [0.1, 0.15) is 0 Å². The van der Waals surface area contributed by atoms with Crippen LogP contribution in [0.1, 0.15) is 18.4 Å². The van der Waals surface area contributed by atoms with Gasteiger partial charge in [0.15, 0.2) is 0 Å². The second-order valence-electron chi connectivity index (χ2n) is 5.69. The van der Waals surface area contributed by atoms with Gasteiger partial charge in [-0.2, -0.15) is 0 Å². The van der Waals surface area contributed by atoms with Crippen molar-refractivity contribution in [3.63, 3.8) is 0 Å². The normalized spacial score (nSPS) is 18.1. The van der Waals surface area contributed by atoms with Crippen molar-refractivity contribution in [2.24, 2.45) is 5.92 Å². The number of nitrogens with zero attached hydrogens (tertiary/aromatic N) is 2. The number of hydrogen-bond donors (Lipinski definition) is 1.